The summed E-state index contributed by atoms with van der Waals surface area (Å²) >= 11 is 0. The van der Waals surface area contributed by atoms with Gasteiger partial charge in [-0.25, -0.2) is 0 Å². The van der Waals surface area contributed by atoms with Gasteiger partial charge in [-0.05, 0) is 26.2 Å². The second-order valence-corrected chi connectivity index (χ2v) is 17.6. The number of allylic oxidation sites excluding steroid dienone is 12. The van der Waals surface area contributed by atoms with Gasteiger partial charge in [-0.2, -0.15) is 0 Å². The van der Waals surface area contributed by atoms with E-state index in [1.807, 2.05) is 38.2 Å². The predicted molar refractivity (Wildman–Crippen MR) is 243 cm³/mol. The Bertz CT molecular complexity index is 1680. The maximum absolute atomic E-state index is 12.7. The largest absolute Gasteiger partial charge is 0.481 e. The summed E-state index contributed by atoms with van der Waals surface area (Å²) in [6, 6.07) is -1.15. The number of aliphatic carboxylic acids is 1. The summed E-state index contributed by atoms with van der Waals surface area (Å²) in [4.78, 5) is 37.5. The zero-order chi connectivity index (χ0) is 49.7. The Kier molecular flexibility index (Phi) is 25.9. The van der Waals surface area contributed by atoms with Crippen LogP contribution in [0.2, 0.25) is 0 Å². The molecule has 2 fully saturated rings. The van der Waals surface area contributed by atoms with E-state index in [-0.39, 0.29) is 37.5 Å². The third kappa shape index (κ3) is 20.2. The first-order chi connectivity index (χ1) is 31.0. The highest BCUT2D eigenvalue weighted by molar-refractivity contribution is 5.78. The van der Waals surface area contributed by atoms with Gasteiger partial charge in [0.25, 0.3) is 0 Å². The maximum Gasteiger partial charge on any atom is 0.311 e. The van der Waals surface area contributed by atoms with Gasteiger partial charge in [0.05, 0.1) is 73.5 Å². The van der Waals surface area contributed by atoms with Crippen LogP contribution in [-0.4, -0.2) is 160 Å². The minimum Gasteiger partial charge on any atom is -0.481 e. The molecule has 18 heteroatoms. The molecule has 0 aromatic rings. The average molecular weight is 938 g/mol. The maximum atomic E-state index is 12.7. The third-order valence-electron chi connectivity index (χ3n) is 11.6. The molecule has 14 unspecified atom stereocenters. The minimum absolute atomic E-state index is 0.0615. The number of ketones is 1. The molecule has 0 aromatic heterocycles. The number of carboxylic acids is 1. The Labute approximate surface area is 387 Å². The predicted octanol–water partition coefficient (Wildman–Crippen LogP) is 1.56. The summed E-state index contributed by atoms with van der Waals surface area (Å²) in [5.41, 5.74) is 6.01. The molecule has 2 saturated heterocycles. The second kappa shape index (κ2) is 29.2. The molecule has 2 aliphatic rings. The highest BCUT2D eigenvalue weighted by Crippen LogP contribution is 2.38. The van der Waals surface area contributed by atoms with Gasteiger partial charge < -0.3 is 75.7 Å². The lowest BCUT2D eigenvalue weighted by molar-refractivity contribution is -0.310. The summed E-state index contributed by atoms with van der Waals surface area (Å²) in [7, 11) is 0. The second-order valence-electron chi connectivity index (χ2n) is 17.6. The highest BCUT2D eigenvalue weighted by Gasteiger charge is 2.51. The fourth-order valence-electron chi connectivity index (χ4n) is 7.61. The van der Waals surface area contributed by atoms with Crippen LogP contribution in [0.4, 0.5) is 0 Å². The van der Waals surface area contributed by atoms with Crippen LogP contribution in [0.3, 0.4) is 0 Å². The van der Waals surface area contributed by atoms with Crippen molar-refractivity contribution in [1.82, 2.24) is 0 Å². The summed E-state index contributed by atoms with van der Waals surface area (Å²) in [6.45, 7) is 12.1. The topological polar surface area (TPSA) is 316 Å². The molecular weight excluding hydrogens is 863 g/mol. The van der Waals surface area contributed by atoms with Gasteiger partial charge in [-0.3, -0.25) is 14.4 Å². The number of carbonyl (C=O) groups is 3. The van der Waals surface area contributed by atoms with Gasteiger partial charge in [0.1, 0.15) is 23.9 Å². The lowest BCUT2D eigenvalue weighted by Crippen LogP contribution is -2.61. The van der Waals surface area contributed by atoms with E-state index in [2.05, 4.69) is 6.58 Å². The molecule has 0 amide bonds. The molecule has 0 aliphatic carbocycles. The van der Waals surface area contributed by atoms with Crippen LogP contribution < -0.4 is 5.73 Å². The first kappa shape index (κ1) is 58.4. The molecule has 18 nitrogen and oxygen atoms in total. The molecule has 0 spiro atoms. The SMILES string of the molecule is C=C/C=C/C=C/C=C/C=C/C=C/C=C/C(CC1OC(O)(CC(O)C(O)CCC(=O)CC(O)CC(O)CC(=O)O[C@@H](C)[C@H](C)C(O)C(C)C)C[C@H](O)C1C(=O)O)OC1OC(C)C(O)C(N)C1O. The Morgan fingerprint density at radius 3 is 1.95 bits per heavy atom. The van der Waals surface area contributed by atoms with E-state index < -0.39 is 141 Å². The van der Waals surface area contributed by atoms with Crippen LogP contribution in [0.25, 0.3) is 0 Å². The van der Waals surface area contributed by atoms with Crippen molar-refractivity contribution in [2.24, 2.45) is 23.5 Å². The summed E-state index contributed by atoms with van der Waals surface area (Å²) in [6.07, 6.45) is 2.10. The number of aliphatic hydroxyl groups is 9. The minimum atomic E-state index is -2.39. The number of ether oxygens (including phenoxy) is 4. The number of rotatable bonds is 28. The number of carbonyl (C=O) groups excluding carboxylic acids is 2. The van der Waals surface area contributed by atoms with Crippen LogP contribution in [-0.2, 0) is 33.3 Å². The summed E-state index contributed by atoms with van der Waals surface area (Å²) in [5, 5.41) is 107. The van der Waals surface area contributed by atoms with Crippen molar-refractivity contribution in [2.45, 2.75) is 177 Å². The Morgan fingerprint density at radius 1 is 0.833 bits per heavy atom. The van der Waals surface area contributed by atoms with E-state index in [9.17, 15) is 65.4 Å². The number of aliphatic hydroxyl groups excluding tert-OH is 8. The number of hydrogen-bond acceptors (Lipinski definition) is 17. The zero-order valence-corrected chi connectivity index (χ0v) is 38.6. The van der Waals surface area contributed by atoms with Crippen LogP contribution in [0, 0.1) is 17.8 Å². The van der Waals surface area contributed by atoms with Crippen molar-refractivity contribution >= 4 is 17.7 Å². The van der Waals surface area contributed by atoms with E-state index in [1.54, 1.807) is 62.5 Å². The summed E-state index contributed by atoms with van der Waals surface area (Å²) in [5.74, 6) is -7.17. The van der Waals surface area contributed by atoms with Crippen molar-refractivity contribution in [3.8, 4) is 0 Å². The molecule has 17 atom stereocenters. The van der Waals surface area contributed by atoms with Crippen molar-refractivity contribution in [3.63, 3.8) is 0 Å². The Morgan fingerprint density at radius 2 is 1.39 bits per heavy atom. The summed E-state index contributed by atoms with van der Waals surface area (Å²) < 4.78 is 22.9. The van der Waals surface area contributed by atoms with Crippen molar-refractivity contribution in [2.75, 3.05) is 0 Å². The third-order valence-corrected chi connectivity index (χ3v) is 11.6. The lowest BCUT2D eigenvalue weighted by atomic mass is 9.82. The number of esters is 1. The smallest absolute Gasteiger partial charge is 0.311 e. The number of nitrogens with two attached hydrogens (primary N) is 1. The van der Waals surface area contributed by atoms with Crippen molar-refractivity contribution in [3.05, 3.63) is 85.6 Å². The molecule has 2 aliphatic heterocycles. The van der Waals surface area contributed by atoms with E-state index >= 15 is 0 Å². The molecule has 0 radical (unpaired) electrons. The van der Waals surface area contributed by atoms with Gasteiger partial charge in [-0.1, -0.05) is 106 Å². The first-order valence-corrected chi connectivity index (χ1v) is 22.5. The molecule has 0 bridgehead atoms. The standard InChI is InChI=1S/C48H75NO17/c1-7-8-9-10-11-12-13-14-15-16-17-18-19-35(65-47-45(59)42(49)44(58)31(6)64-47)25-39-41(46(60)61)38(55)27-48(62,66-39)26-37(54)36(53)21-20-32(50)22-33(51)23-34(52)24-40(56)63-30(5)29(4)43(57)28(2)3/h7-19,28-31,33-39,41-45,47,51-55,57-59,62H,1,20-27,49H2,2-6H3,(H,60,61)/b9-8+,11-10+,13-12+,15-14+,17-16+,19-18+/t29-,30-,31?,33?,34?,35?,36?,37?,38-,39?,41?,42?,43?,44?,45?,47?,48?/m0/s1. The Balaban J connectivity index is 2.09. The van der Waals surface area contributed by atoms with Gasteiger partial charge >= 0.3 is 11.9 Å². The van der Waals surface area contributed by atoms with E-state index in [0.29, 0.717) is 0 Å². The molecule has 2 heterocycles. The highest BCUT2D eigenvalue weighted by atomic mass is 16.7. The van der Waals surface area contributed by atoms with Gasteiger partial charge in [0.2, 0.25) is 0 Å². The van der Waals surface area contributed by atoms with E-state index in [0.717, 1.165) is 0 Å². The molecule has 12 N–H and O–H groups in total. The quantitative estimate of drug-likeness (QED) is 0.0392. The number of Topliss-reactive ketones (excluding diaryl/α,β-unsaturated/α-hetero) is 1. The van der Waals surface area contributed by atoms with Crippen molar-refractivity contribution < 1.29 is 84.4 Å². The van der Waals surface area contributed by atoms with Crippen molar-refractivity contribution in [1.29, 1.82) is 0 Å². The molecule has 374 valence electrons. The fourth-order valence-corrected chi connectivity index (χ4v) is 7.61. The van der Waals surface area contributed by atoms with Crippen LogP contribution in [0.1, 0.15) is 86.0 Å². The van der Waals surface area contributed by atoms with Gasteiger partial charge in [0.15, 0.2) is 12.1 Å². The Hall–Kier alpha value is -3.73. The van der Waals surface area contributed by atoms with E-state index in [4.69, 9.17) is 24.7 Å². The number of carboxylic acid groups (broad SMARTS) is 1. The normalized spacial score (nSPS) is 30.3. The monoisotopic (exact) mass is 938 g/mol. The lowest BCUT2D eigenvalue weighted by Gasteiger charge is -2.45. The molecule has 66 heavy (non-hydrogen) atoms. The van der Waals surface area contributed by atoms with Crippen LogP contribution >= 0.6 is 0 Å². The first-order valence-electron chi connectivity index (χ1n) is 22.5. The van der Waals surface area contributed by atoms with E-state index in [1.165, 1.54) is 13.0 Å². The number of hydrogen-bond donors (Lipinski definition) is 11. The molecule has 2 rings (SSSR count). The molecule has 0 saturated carbocycles. The van der Waals surface area contributed by atoms with Gasteiger partial charge in [0, 0.05) is 44.4 Å². The average Bonchev–Trinajstić information content (AvgIpc) is 3.22. The fraction of sp³-hybridized carbons (Fsp3) is 0.646. The molecule has 0 aromatic carbocycles. The van der Waals surface area contributed by atoms with Crippen LogP contribution in [0.15, 0.2) is 85.6 Å². The zero-order valence-electron chi connectivity index (χ0n) is 38.6. The molecular formula is C48H75NO17. The van der Waals surface area contributed by atoms with Gasteiger partial charge in [-0.15, -0.1) is 0 Å². The van der Waals surface area contributed by atoms with Crippen LogP contribution in [0.5, 0.6) is 0 Å².